The van der Waals surface area contributed by atoms with Gasteiger partial charge in [-0.1, -0.05) is 31.7 Å². The molecule has 1 aliphatic carbocycles. The number of hydrogen-bond donors (Lipinski definition) is 3. The van der Waals surface area contributed by atoms with Crippen LogP contribution < -0.4 is 10.7 Å². The molecule has 3 rings (SSSR count). The first kappa shape index (κ1) is 20.2. The van der Waals surface area contributed by atoms with Crippen molar-refractivity contribution in [2.45, 2.75) is 44.6 Å². The summed E-state index contributed by atoms with van der Waals surface area (Å²) in [6.07, 6.45) is 7.34. The summed E-state index contributed by atoms with van der Waals surface area (Å²) in [7, 11) is 0. The van der Waals surface area contributed by atoms with Crippen LogP contribution in [0.25, 0.3) is 0 Å². The lowest BCUT2D eigenvalue weighted by molar-refractivity contribution is -0.159. The third kappa shape index (κ3) is 5.05. The van der Waals surface area contributed by atoms with Gasteiger partial charge in [0.25, 0.3) is 0 Å². The predicted molar refractivity (Wildman–Crippen MR) is 101 cm³/mol. The van der Waals surface area contributed by atoms with Crippen LogP contribution >= 0.6 is 0 Å². The number of amides is 3. The van der Waals surface area contributed by atoms with E-state index in [0.29, 0.717) is 42.6 Å². The third-order valence-corrected chi connectivity index (χ3v) is 5.44. The molecule has 0 bridgehead atoms. The molecule has 2 aliphatic rings. The molecule has 0 radical (unpaired) electrons. The second kappa shape index (κ2) is 9.61. The highest BCUT2D eigenvalue weighted by molar-refractivity contribution is 5.97. The molecule has 3 amide bonds. The first-order valence-electron chi connectivity index (χ1n) is 9.77. The fourth-order valence-corrected chi connectivity index (χ4v) is 4.05. The maximum atomic E-state index is 13.2. The van der Waals surface area contributed by atoms with Crippen molar-refractivity contribution in [3.8, 4) is 0 Å². The number of rotatable bonds is 8. The molecule has 9 heteroatoms. The average molecular weight is 389 g/mol. The van der Waals surface area contributed by atoms with Gasteiger partial charge in [0.2, 0.25) is 18.2 Å². The SMILES string of the molecule is O=CN(O)CC(CC1CCCC1)C(=O)N1NCCC1C(=O)Nc1ccccn1. The van der Waals surface area contributed by atoms with Crippen molar-refractivity contribution in [2.24, 2.45) is 11.8 Å². The highest BCUT2D eigenvalue weighted by atomic mass is 16.5. The molecule has 0 spiro atoms. The van der Waals surface area contributed by atoms with E-state index in [1.165, 1.54) is 5.01 Å². The van der Waals surface area contributed by atoms with Crippen molar-refractivity contribution in [2.75, 3.05) is 18.4 Å². The number of aromatic nitrogens is 1. The van der Waals surface area contributed by atoms with Crippen LogP contribution in [0.4, 0.5) is 5.82 Å². The standard InChI is InChI=1S/C19H27N5O4/c25-13-23(28)12-15(11-14-5-1-2-6-14)19(27)24-16(8-10-21-24)18(26)22-17-7-3-4-9-20-17/h3-4,7,9,13-16,21,28H,1-2,5-6,8,10-12H2,(H,20,22,26). The van der Waals surface area contributed by atoms with E-state index in [9.17, 15) is 19.6 Å². The lowest BCUT2D eigenvalue weighted by Crippen LogP contribution is -2.51. The van der Waals surface area contributed by atoms with Gasteiger partial charge in [-0.25, -0.2) is 15.5 Å². The van der Waals surface area contributed by atoms with Crippen LogP contribution in [0.3, 0.4) is 0 Å². The van der Waals surface area contributed by atoms with E-state index in [1.54, 1.807) is 24.4 Å². The molecule has 1 saturated heterocycles. The van der Waals surface area contributed by atoms with Crippen molar-refractivity contribution < 1.29 is 19.6 Å². The van der Waals surface area contributed by atoms with Gasteiger partial charge >= 0.3 is 0 Å². The lowest BCUT2D eigenvalue weighted by Gasteiger charge is -2.29. The summed E-state index contributed by atoms with van der Waals surface area (Å²) in [5, 5.41) is 14.3. The maximum absolute atomic E-state index is 13.2. The molecule has 2 heterocycles. The Hall–Kier alpha value is -2.52. The van der Waals surface area contributed by atoms with Crippen molar-refractivity contribution in [3.63, 3.8) is 0 Å². The van der Waals surface area contributed by atoms with E-state index in [1.807, 2.05) is 0 Å². The number of hydrazine groups is 1. The van der Waals surface area contributed by atoms with Crippen molar-refractivity contribution in [3.05, 3.63) is 24.4 Å². The molecule has 152 valence electrons. The average Bonchev–Trinajstić information content (AvgIpc) is 3.39. The van der Waals surface area contributed by atoms with Gasteiger partial charge < -0.3 is 5.32 Å². The quantitative estimate of drug-likeness (QED) is 0.349. The monoisotopic (exact) mass is 389 g/mol. The molecule has 2 atom stereocenters. The highest BCUT2D eigenvalue weighted by Crippen LogP contribution is 2.31. The van der Waals surface area contributed by atoms with Crippen molar-refractivity contribution >= 4 is 24.0 Å². The predicted octanol–water partition coefficient (Wildman–Crippen LogP) is 1.17. The van der Waals surface area contributed by atoms with Crippen molar-refractivity contribution in [1.82, 2.24) is 20.5 Å². The Kier molecular flexibility index (Phi) is 6.94. The maximum Gasteiger partial charge on any atom is 0.250 e. The Morgan fingerprint density at radius 2 is 2.14 bits per heavy atom. The van der Waals surface area contributed by atoms with Gasteiger partial charge in [0, 0.05) is 12.7 Å². The van der Waals surface area contributed by atoms with Gasteiger partial charge in [0.05, 0.1) is 12.5 Å². The number of nitrogens with zero attached hydrogens (tertiary/aromatic N) is 3. The topological polar surface area (TPSA) is 115 Å². The summed E-state index contributed by atoms with van der Waals surface area (Å²) in [5.41, 5.74) is 2.98. The summed E-state index contributed by atoms with van der Waals surface area (Å²) in [6.45, 7) is 0.421. The second-order valence-corrected chi connectivity index (χ2v) is 7.44. The van der Waals surface area contributed by atoms with E-state index in [2.05, 4.69) is 15.7 Å². The van der Waals surface area contributed by atoms with Gasteiger partial charge in [-0.15, -0.1) is 0 Å². The summed E-state index contributed by atoms with van der Waals surface area (Å²) < 4.78 is 0. The number of hydrogen-bond acceptors (Lipinski definition) is 6. The molecule has 1 aromatic heterocycles. The first-order valence-corrected chi connectivity index (χ1v) is 9.77. The van der Waals surface area contributed by atoms with E-state index >= 15 is 0 Å². The summed E-state index contributed by atoms with van der Waals surface area (Å²) in [4.78, 5) is 40.8. The number of carbonyl (C=O) groups excluding carboxylic acids is 3. The van der Waals surface area contributed by atoms with E-state index in [0.717, 1.165) is 25.7 Å². The molecule has 28 heavy (non-hydrogen) atoms. The molecular weight excluding hydrogens is 362 g/mol. The van der Waals surface area contributed by atoms with E-state index < -0.39 is 12.0 Å². The van der Waals surface area contributed by atoms with Crippen molar-refractivity contribution in [1.29, 1.82) is 0 Å². The fourth-order valence-electron chi connectivity index (χ4n) is 4.05. The van der Waals surface area contributed by atoms with Gasteiger partial charge in [-0.2, -0.15) is 0 Å². The van der Waals surface area contributed by atoms with E-state index in [-0.39, 0.29) is 18.4 Å². The van der Waals surface area contributed by atoms with Crippen LogP contribution in [0.5, 0.6) is 0 Å². The summed E-state index contributed by atoms with van der Waals surface area (Å²) in [5.74, 6) is -0.317. The minimum Gasteiger partial charge on any atom is -0.309 e. The normalized spacial score (nSPS) is 20.8. The highest BCUT2D eigenvalue weighted by Gasteiger charge is 2.39. The minimum absolute atomic E-state index is 0.0778. The molecular formula is C19H27N5O4. The zero-order chi connectivity index (χ0) is 19.9. The number of anilines is 1. The number of pyridine rings is 1. The Morgan fingerprint density at radius 1 is 1.36 bits per heavy atom. The molecule has 2 unspecified atom stereocenters. The Labute approximate surface area is 164 Å². The fraction of sp³-hybridized carbons (Fsp3) is 0.579. The minimum atomic E-state index is -0.663. The molecule has 2 fully saturated rings. The summed E-state index contributed by atoms with van der Waals surface area (Å²) in [6, 6.07) is 4.54. The largest absolute Gasteiger partial charge is 0.309 e. The lowest BCUT2D eigenvalue weighted by atomic mass is 9.92. The molecule has 1 saturated carbocycles. The molecule has 1 aromatic rings. The van der Waals surface area contributed by atoms with Gasteiger partial charge in [0.1, 0.15) is 11.9 Å². The number of nitrogens with one attached hydrogen (secondary N) is 2. The van der Waals surface area contributed by atoms with Crippen LogP contribution in [0.15, 0.2) is 24.4 Å². The van der Waals surface area contributed by atoms with Crippen LogP contribution in [0.1, 0.15) is 38.5 Å². The Morgan fingerprint density at radius 3 is 2.82 bits per heavy atom. The second-order valence-electron chi connectivity index (χ2n) is 7.44. The molecule has 0 aromatic carbocycles. The zero-order valence-corrected chi connectivity index (χ0v) is 15.8. The third-order valence-electron chi connectivity index (χ3n) is 5.44. The van der Waals surface area contributed by atoms with Gasteiger partial charge in [-0.05, 0) is 30.9 Å². The van der Waals surface area contributed by atoms with Gasteiger partial charge in [0.15, 0.2) is 0 Å². The van der Waals surface area contributed by atoms with Crippen LogP contribution in [0.2, 0.25) is 0 Å². The zero-order valence-electron chi connectivity index (χ0n) is 15.8. The van der Waals surface area contributed by atoms with Crippen LogP contribution in [-0.2, 0) is 14.4 Å². The Bertz CT molecular complexity index is 680. The summed E-state index contributed by atoms with van der Waals surface area (Å²) >= 11 is 0. The van der Waals surface area contributed by atoms with E-state index in [4.69, 9.17) is 0 Å². The van der Waals surface area contributed by atoms with Crippen LogP contribution in [-0.4, -0.2) is 57.6 Å². The van der Waals surface area contributed by atoms with Crippen LogP contribution in [0, 0.1) is 11.8 Å². The Balaban J connectivity index is 1.68. The molecule has 9 nitrogen and oxygen atoms in total. The molecule has 3 N–H and O–H groups in total. The first-order chi connectivity index (χ1) is 13.6. The number of hydroxylamine groups is 2. The smallest absolute Gasteiger partial charge is 0.250 e. The van der Waals surface area contributed by atoms with Gasteiger partial charge in [-0.3, -0.25) is 24.6 Å². The number of carbonyl (C=O) groups is 3. The molecule has 1 aliphatic heterocycles.